The summed E-state index contributed by atoms with van der Waals surface area (Å²) in [6.45, 7) is 3.92. The van der Waals surface area contributed by atoms with Crippen LogP contribution in [0.5, 0.6) is 0 Å². The number of aliphatic imine (C=N–C) groups is 1. The number of rotatable bonds is 3. The van der Waals surface area contributed by atoms with E-state index in [1.807, 2.05) is 4.90 Å². The first-order valence-electron chi connectivity index (χ1n) is 7.15. The minimum atomic E-state index is -0.338. The molecule has 1 heterocycles. The van der Waals surface area contributed by atoms with Gasteiger partial charge in [0.25, 0.3) is 0 Å². The molecular formula is C15H21FN4O. The summed E-state index contributed by atoms with van der Waals surface area (Å²) in [5.41, 5.74) is 6.46. The number of nitrogens with two attached hydrogens (primary N) is 1. The van der Waals surface area contributed by atoms with Gasteiger partial charge >= 0.3 is 0 Å². The van der Waals surface area contributed by atoms with Crippen LogP contribution < -0.4 is 11.1 Å². The average Bonchev–Trinajstić information content (AvgIpc) is 2.47. The molecule has 1 aliphatic rings. The maximum Gasteiger partial charge on any atom is 0.246 e. The third-order valence-corrected chi connectivity index (χ3v) is 3.49. The van der Waals surface area contributed by atoms with Crippen LogP contribution in [0.4, 0.5) is 10.1 Å². The summed E-state index contributed by atoms with van der Waals surface area (Å²) in [7, 11) is 0. The maximum absolute atomic E-state index is 12.8. The molecule has 0 radical (unpaired) electrons. The summed E-state index contributed by atoms with van der Waals surface area (Å²) in [5.74, 6) is 0.403. The summed E-state index contributed by atoms with van der Waals surface area (Å²) >= 11 is 0. The second-order valence-electron chi connectivity index (χ2n) is 5.42. The van der Waals surface area contributed by atoms with Crippen LogP contribution >= 0.6 is 0 Å². The van der Waals surface area contributed by atoms with Gasteiger partial charge < -0.3 is 16.0 Å². The van der Waals surface area contributed by atoms with Crippen LogP contribution in [-0.2, 0) is 4.79 Å². The van der Waals surface area contributed by atoms with E-state index in [-0.39, 0.29) is 18.3 Å². The average molecular weight is 292 g/mol. The topological polar surface area (TPSA) is 70.7 Å². The molecule has 3 N–H and O–H groups in total. The number of nitrogens with zero attached hydrogens (tertiary/aromatic N) is 2. The van der Waals surface area contributed by atoms with Crippen molar-refractivity contribution in [2.75, 3.05) is 25.0 Å². The van der Waals surface area contributed by atoms with E-state index in [2.05, 4.69) is 17.2 Å². The van der Waals surface area contributed by atoms with Gasteiger partial charge in [0, 0.05) is 18.8 Å². The Labute approximate surface area is 124 Å². The van der Waals surface area contributed by atoms with Gasteiger partial charge in [-0.2, -0.15) is 0 Å². The Morgan fingerprint density at radius 1 is 1.48 bits per heavy atom. The first-order valence-corrected chi connectivity index (χ1v) is 7.15. The number of benzene rings is 1. The Hall–Kier alpha value is -2.11. The first-order chi connectivity index (χ1) is 10.0. The monoisotopic (exact) mass is 292 g/mol. The molecule has 0 saturated carbocycles. The van der Waals surface area contributed by atoms with E-state index in [0.717, 1.165) is 19.5 Å². The number of amides is 1. The number of likely N-dealkylation sites (tertiary alicyclic amines) is 1. The third-order valence-electron chi connectivity index (χ3n) is 3.49. The van der Waals surface area contributed by atoms with E-state index >= 15 is 0 Å². The van der Waals surface area contributed by atoms with E-state index in [4.69, 9.17) is 5.73 Å². The molecule has 1 aliphatic heterocycles. The molecular weight excluding hydrogens is 271 g/mol. The number of piperidine rings is 1. The Bertz CT molecular complexity index is 515. The predicted molar refractivity (Wildman–Crippen MR) is 81.5 cm³/mol. The summed E-state index contributed by atoms with van der Waals surface area (Å²) in [6.07, 6.45) is 2.30. The van der Waals surface area contributed by atoms with Gasteiger partial charge in [0.15, 0.2) is 5.96 Å². The highest BCUT2D eigenvalue weighted by Gasteiger charge is 2.17. The highest BCUT2D eigenvalue weighted by Crippen LogP contribution is 2.14. The number of hydrogen-bond donors (Lipinski definition) is 2. The van der Waals surface area contributed by atoms with Crippen molar-refractivity contribution in [3.05, 3.63) is 30.1 Å². The quantitative estimate of drug-likeness (QED) is 0.659. The van der Waals surface area contributed by atoms with Crippen LogP contribution in [0.15, 0.2) is 29.3 Å². The number of hydrogen-bond acceptors (Lipinski definition) is 2. The standard InChI is InChI=1S/C15H21FN4O/c1-11-3-2-8-20(10-11)15(17)18-9-14(21)19-13-6-4-12(16)5-7-13/h4-7,11H,2-3,8-10H2,1H3,(H2,17,18)(H,19,21). The van der Waals surface area contributed by atoms with Crippen LogP contribution in [-0.4, -0.2) is 36.4 Å². The minimum absolute atomic E-state index is 0.0336. The normalized spacial score (nSPS) is 19.4. The largest absolute Gasteiger partial charge is 0.370 e. The Kier molecular flexibility index (Phi) is 5.14. The lowest BCUT2D eigenvalue weighted by atomic mass is 10.0. The number of anilines is 1. The van der Waals surface area contributed by atoms with E-state index in [0.29, 0.717) is 17.6 Å². The van der Waals surface area contributed by atoms with Gasteiger partial charge in [0.2, 0.25) is 5.91 Å². The van der Waals surface area contributed by atoms with Crippen LogP contribution in [0.1, 0.15) is 19.8 Å². The molecule has 114 valence electrons. The molecule has 1 saturated heterocycles. The molecule has 1 amide bonds. The van der Waals surface area contributed by atoms with Gasteiger partial charge in [-0.1, -0.05) is 6.92 Å². The Morgan fingerprint density at radius 2 is 2.19 bits per heavy atom. The number of halogens is 1. The molecule has 0 bridgehead atoms. The fourth-order valence-electron chi connectivity index (χ4n) is 2.38. The smallest absolute Gasteiger partial charge is 0.246 e. The van der Waals surface area contributed by atoms with Crippen molar-refractivity contribution in [2.24, 2.45) is 16.6 Å². The lowest BCUT2D eigenvalue weighted by Crippen LogP contribution is -2.43. The molecule has 1 atom stereocenters. The molecule has 0 aliphatic carbocycles. The SMILES string of the molecule is CC1CCCN(C(N)=NCC(=O)Nc2ccc(F)cc2)C1. The fraction of sp³-hybridized carbons (Fsp3) is 0.467. The summed E-state index contributed by atoms with van der Waals surface area (Å²) < 4.78 is 12.8. The molecule has 21 heavy (non-hydrogen) atoms. The first kappa shape index (κ1) is 15.3. The zero-order chi connectivity index (χ0) is 15.2. The van der Waals surface area contributed by atoms with Crippen LogP contribution in [0.25, 0.3) is 0 Å². The lowest BCUT2D eigenvalue weighted by Gasteiger charge is -2.31. The van der Waals surface area contributed by atoms with Crippen LogP contribution in [0.3, 0.4) is 0 Å². The molecule has 1 aromatic carbocycles. The summed E-state index contributed by atoms with van der Waals surface area (Å²) in [4.78, 5) is 17.9. The molecule has 1 fully saturated rings. The van der Waals surface area contributed by atoms with Crippen molar-refractivity contribution in [1.29, 1.82) is 0 Å². The van der Waals surface area contributed by atoms with Gasteiger partial charge in [0.05, 0.1) is 0 Å². The van der Waals surface area contributed by atoms with Crippen molar-refractivity contribution >= 4 is 17.6 Å². The third kappa shape index (κ3) is 4.73. The van der Waals surface area contributed by atoms with Gasteiger partial charge in [0.1, 0.15) is 12.4 Å². The van der Waals surface area contributed by atoms with Crippen LogP contribution in [0, 0.1) is 11.7 Å². The van der Waals surface area contributed by atoms with Gasteiger partial charge in [-0.05, 0) is 43.0 Å². The Morgan fingerprint density at radius 3 is 2.86 bits per heavy atom. The van der Waals surface area contributed by atoms with E-state index in [1.54, 1.807) is 0 Å². The molecule has 1 aromatic rings. The number of carbonyl (C=O) groups is 1. The molecule has 0 spiro atoms. The molecule has 2 rings (SSSR count). The van der Waals surface area contributed by atoms with Crippen molar-refractivity contribution in [1.82, 2.24) is 4.90 Å². The lowest BCUT2D eigenvalue weighted by molar-refractivity contribution is -0.114. The van der Waals surface area contributed by atoms with E-state index in [1.165, 1.54) is 30.7 Å². The molecule has 1 unspecified atom stereocenters. The highest BCUT2D eigenvalue weighted by molar-refractivity contribution is 5.93. The number of nitrogens with one attached hydrogen (secondary N) is 1. The maximum atomic E-state index is 12.8. The molecule has 6 heteroatoms. The highest BCUT2D eigenvalue weighted by atomic mass is 19.1. The second-order valence-corrected chi connectivity index (χ2v) is 5.42. The van der Waals surface area contributed by atoms with Gasteiger partial charge in [-0.25, -0.2) is 9.38 Å². The van der Waals surface area contributed by atoms with Crippen molar-refractivity contribution in [2.45, 2.75) is 19.8 Å². The van der Waals surface area contributed by atoms with Gasteiger partial charge in [-0.3, -0.25) is 4.79 Å². The molecule has 0 aromatic heterocycles. The predicted octanol–water partition coefficient (Wildman–Crippen LogP) is 1.81. The Balaban J connectivity index is 1.84. The zero-order valence-electron chi connectivity index (χ0n) is 12.2. The zero-order valence-corrected chi connectivity index (χ0v) is 12.2. The van der Waals surface area contributed by atoms with Gasteiger partial charge in [-0.15, -0.1) is 0 Å². The van der Waals surface area contributed by atoms with E-state index < -0.39 is 0 Å². The van der Waals surface area contributed by atoms with E-state index in [9.17, 15) is 9.18 Å². The molecule has 5 nitrogen and oxygen atoms in total. The van der Waals surface area contributed by atoms with Crippen molar-refractivity contribution in [3.63, 3.8) is 0 Å². The van der Waals surface area contributed by atoms with Crippen LogP contribution in [0.2, 0.25) is 0 Å². The van der Waals surface area contributed by atoms with Crippen molar-refractivity contribution in [3.8, 4) is 0 Å². The second kappa shape index (κ2) is 7.06. The van der Waals surface area contributed by atoms with Crippen molar-refractivity contribution < 1.29 is 9.18 Å². The number of guanidine groups is 1. The summed E-state index contributed by atoms with van der Waals surface area (Å²) in [5, 5.41) is 2.65. The minimum Gasteiger partial charge on any atom is -0.370 e. The fourth-order valence-corrected chi connectivity index (χ4v) is 2.38. The summed E-state index contributed by atoms with van der Waals surface area (Å²) in [6, 6.07) is 5.60. The number of carbonyl (C=O) groups excluding carboxylic acids is 1.